The van der Waals surface area contributed by atoms with Gasteiger partial charge in [0, 0.05) is 13.5 Å². The van der Waals surface area contributed by atoms with Gasteiger partial charge in [-0.3, -0.25) is 0 Å². The van der Waals surface area contributed by atoms with Crippen molar-refractivity contribution in [1.82, 2.24) is 0 Å². The normalized spacial score (nSPS) is 27.6. The molecule has 2 aliphatic rings. The first-order valence-electron chi connectivity index (χ1n) is 12.4. The number of hydrogen-bond acceptors (Lipinski definition) is 10. The lowest BCUT2D eigenvalue weighted by molar-refractivity contribution is -0.189. The van der Waals surface area contributed by atoms with Crippen LogP contribution in [0.3, 0.4) is 0 Å². The average Bonchev–Trinajstić information content (AvgIpc) is 3.38. The summed E-state index contributed by atoms with van der Waals surface area (Å²) in [4.78, 5) is 13.4. The molecule has 0 aromatic carbocycles. The summed E-state index contributed by atoms with van der Waals surface area (Å²) < 4.78 is 40.1. The Morgan fingerprint density at radius 1 is 1.22 bits per heavy atom. The maximum Gasteiger partial charge on any atom is 0.353 e. The van der Waals surface area contributed by atoms with E-state index in [1.165, 1.54) is 7.11 Å². The number of rotatable bonds is 11. The van der Waals surface area contributed by atoms with Crippen LogP contribution in [0.15, 0.2) is 0 Å². The summed E-state index contributed by atoms with van der Waals surface area (Å²) in [5, 5.41) is 21.2. The molecule has 36 heavy (non-hydrogen) atoms. The summed E-state index contributed by atoms with van der Waals surface area (Å²) in [6.07, 6.45) is -3.88. The van der Waals surface area contributed by atoms with E-state index in [0.717, 1.165) is 0 Å². The Labute approximate surface area is 216 Å². The van der Waals surface area contributed by atoms with Gasteiger partial charge in [0.05, 0.1) is 12.7 Å². The molecule has 2 heterocycles. The molecule has 1 N–H and O–H groups in total. The van der Waals surface area contributed by atoms with Crippen molar-refractivity contribution in [2.75, 3.05) is 20.5 Å². The molecule has 2 aliphatic heterocycles. The molecular formula is C25H45NO9Si. The zero-order chi connectivity index (χ0) is 27.7. The van der Waals surface area contributed by atoms with Crippen molar-refractivity contribution in [2.24, 2.45) is 0 Å². The highest BCUT2D eigenvalue weighted by Gasteiger charge is 2.59. The molecule has 1 unspecified atom stereocenters. The van der Waals surface area contributed by atoms with Crippen molar-refractivity contribution in [3.63, 3.8) is 0 Å². The average molecular weight is 532 g/mol. The highest BCUT2D eigenvalue weighted by atomic mass is 28.4. The van der Waals surface area contributed by atoms with Crippen molar-refractivity contribution in [3.05, 3.63) is 0 Å². The standard InChI is InChI=1S/C25H45NO9Si/c1-22(2,3)34-21(28)25(14-26,35-36(10,11)23(4,5)6)12-16-20(32-16)18(27)19(30-15-29-9)17-13-31-24(7,8)33-17/h16-20,27H,12-13,15H2,1-11H3/t16-,17+,18-,19+,20-,25?/m0/s1. The lowest BCUT2D eigenvalue weighted by Crippen LogP contribution is -2.55. The first-order chi connectivity index (χ1) is 16.3. The summed E-state index contributed by atoms with van der Waals surface area (Å²) in [6, 6.07) is 2.11. The van der Waals surface area contributed by atoms with E-state index < -0.39 is 61.8 Å². The predicted octanol–water partition coefficient (Wildman–Crippen LogP) is 3.27. The number of aliphatic hydroxyl groups is 1. The number of nitrogens with zero attached hydrogens (tertiary/aromatic N) is 1. The fourth-order valence-electron chi connectivity index (χ4n) is 3.77. The summed E-state index contributed by atoms with van der Waals surface area (Å²) in [6.45, 7) is 19.0. The maximum atomic E-state index is 13.4. The number of nitriles is 1. The third-order valence-corrected chi connectivity index (χ3v) is 11.2. The SMILES string of the molecule is COCO[C@@H]([C@H](O)[C@H]1O[C@H]1CC(C#N)(O[Si](C)(C)C(C)(C)C)C(=O)OC(C)(C)C)[C@H]1COC(C)(C)O1. The molecule has 10 nitrogen and oxygen atoms in total. The third-order valence-electron chi connectivity index (χ3n) is 6.70. The molecule has 0 spiro atoms. The van der Waals surface area contributed by atoms with E-state index in [4.69, 9.17) is 32.8 Å². The van der Waals surface area contributed by atoms with E-state index in [1.54, 1.807) is 34.6 Å². The molecule has 0 radical (unpaired) electrons. The van der Waals surface area contributed by atoms with Gasteiger partial charge in [-0.05, 0) is 52.8 Å². The molecule has 0 saturated carbocycles. The van der Waals surface area contributed by atoms with Gasteiger partial charge in [0.25, 0.3) is 0 Å². The van der Waals surface area contributed by atoms with Crippen LogP contribution in [-0.2, 0) is 37.6 Å². The molecular weight excluding hydrogens is 486 g/mol. The van der Waals surface area contributed by atoms with Crippen molar-refractivity contribution in [2.45, 2.75) is 127 Å². The fraction of sp³-hybridized carbons (Fsp3) is 0.920. The molecule has 0 amide bonds. The predicted molar refractivity (Wildman–Crippen MR) is 133 cm³/mol. The summed E-state index contributed by atoms with van der Waals surface area (Å²) in [5.74, 6) is -1.57. The van der Waals surface area contributed by atoms with Crippen molar-refractivity contribution in [1.29, 1.82) is 5.26 Å². The zero-order valence-corrected chi connectivity index (χ0v) is 24.7. The zero-order valence-electron chi connectivity index (χ0n) is 23.7. The number of hydrogen-bond donors (Lipinski definition) is 1. The number of methoxy groups -OCH3 is 1. The molecule has 2 fully saturated rings. The smallest absolute Gasteiger partial charge is 0.353 e. The first-order valence-corrected chi connectivity index (χ1v) is 15.3. The monoisotopic (exact) mass is 531 g/mol. The van der Waals surface area contributed by atoms with Crippen LogP contribution >= 0.6 is 0 Å². The second-order valence-electron chi connectivity index (χ2n) is 12.5. The van der Waals surface area contributed by atoms with Crippen molar-refractivity contribution >= 4 is 14.3 Å². The molecule has 0 aromatic heterocycles. The third kappa shape index (κ3) is 7.71. The van der Waals surface area contributed by atoms with E-state index in [-0.39, 0.29) is 24.9 Å². The highest BCUT2D eigenvalue weighted by Crippen LogP contribution is 2.44. The van der Waals surface area contributed by atoms with Crippen LogP contribution in [0, 0.1) is 11.3 Å². The summed E-state index contributed by atoms with van der Waals surface area (Å²) in [5.41, 5.74) is -2.70. The minimum absolute atomic E-state index is 0.0616. The van der Waals surface area contributed by atoms with Crippen LogP contribution in [-0.4, -0.2) is 87.4 Å². The Morgan fingerprint density at radius 2 is 1.83 bits per heavy atom. The van der Waals surface area contributed by atoms with Crippen LogP contribution in [0.4, 0.5) is 0 Å². The summed E-state index contributed by atoms with van der Waals surface area (Å²) >= 11 is 0. The number of esters is 1. The number of carbonyl (C=O) groups is 1. The largest absolute Gasteiger partial charge is 0.457 e. The minimum Gasteiger partial charge on any atom is -0.457 e. The van der Waals surface area contributed by atoms with Gasteiger partial charge in [-0.15, -0.1) is 0 Å². The molecule has 6 atom stereocenters. The fourth-order valence-corrected chi connectivity index (χ4v) is 5.16. The number of aliphatic hydroxyl groups excluding tert-OH is 1. The number of ether oxygens (including phenoxy) is 6. The van der Waals surface area contributed by atoms with Gasteiger partial charge in [0.1, 0.15) is 42.9 Å². The van der Waals surface area contributed by atoms with E-state index >= 15 is 0 Å². The Hall–Kier alpha value is -1.10. The Bertz CT molecular complexity index is 814. The number of epoxide rings is 1. The van der Waals surface area contributed by atoms with Crippen LogP contribution in [0.1, 0.15) is 61.8 Å². The number of carbonyl (C=O) groups excluding carboxylic acids is 1. The maximum absolute atomic E-state index is 13.4. The van der Waals surface area contributed by atoms with E-state index in [0.29, 0.717) is 0 Å². The van der Waals surface area contributed by atoms with Crippen molar-refractivity contribution in [3.8, 4) is 6.07 Å². The van der Waals surface area contributed by atoms with Gasteiger partial charge < -0.3 is 38.0 Å². The molecule has 208 valence electrons. The summed E-state index contributed by atoms with van der Waals surface area (Å²) in [7, 11) is -1.10. The van der Waals surface area contributed by atoms with Crippen LogP contribution in [0.5, 0.6) is 0 Å². The molecule has 0 bridgehead atoms. The van der Waals surface area contributed by atoms with Crippen LogP contribution < -0.4 is 0 Å². The first kappa shape index (κ1) is 31.1. The molecule has 0 aliphatic carbocycles. The highest BCUT2D eigenvalue weighted by molar-refractivity contribution is 6.74. The van der Waals surface area contributed by atoms with Gasteiger partial charge in [-0.2, -0.15) is 5.26 Å². The van der Waals surface area contributed by atoms with Gasteiger partial charge in [-0.1, -0.05) is 20.8 Å². The van der Waals surface area contributed by atoms with Gasteiger partial charge >= 0.3 is 5.97 Å². The van der Waals surface area contributed by atoms with Gasteiger partial charge in [-0.25, -0.2) is 4.79 Å². The van der Waals surface area contributed by atoms with E-state index in [2.05, 4.69) is 6.07 Å². The minimum atomic E-state index is -2.58. The van der Waals surface area contributed by atoms with Crippen LogP contribution in [0.25, 0.3) is 0 Å². The van der Waals surface area contributed by atoms with E-state index in [9.17, 15) is 15.2 Å². The molecule has 2 saturated heterocycles. The van der Waals surface area contributed by atoms with Gasteiger partial charge in [0.2, 0.25) is 5.60 Å². The molecule has 2 rings (SSSR count). The second kappa shape index (κ2) is 10.9. The van der Waals surface area contributed by atoms with Crippen molar-refractivity contribution < 1.29 is 42.7 Å². The van der Waals surface area contributed by atoms with E-state index in [1.807, 2.05) is 33.9 Å². The Morgan fingerprint density at radius 3 is 2.28 bits per heavy atom. The topological polar surface area (TPSA) is 129 Å². The quantitative estimate of drug-likeness (QED) is 0.183. The lowest BCUT2D eigenvalue weighted by Gasteiger charge is -2.42. The van der Waals surface area contributed by atoms with Crippen LogP contribution in [0.2, 0.25) is 18.1 Å². The molecule has 0 aromatic rings. The Balaban J connectivity index is 2.26. The Kier molecular flexibility index (Phi) is 9.46. The van der Waals surface area contributed by atoms with Gasteiger partial charge in [0.15, 0.2) is 14.1 Å². The molecule has 11 heteroatoms. The second-order valence-corrected chi connectivity index (χ2v) is 17.3. The lowest BCUT2D eigenvalue weighted by atomic mass is 9.94.